The summed E-state index contributed by atoms with van der Waals surface area (Å²) in [7, 11) is 0. The summed E-state index contributed by atoms with van der Waals surface area (Å²) in [4.78, 5) is 28.1. The standard InChI is InChI=1S/C24H29N3O3/c1-16-10-11-19(14-18(16)3)23-20(27-13-7-8-17(2)24(27)26-23)15-21(28)25-12-6-4-5-9-22(29)30/h7-8,10-11,13-14H,4-6,9,12,15H2,1-3H3,(H,25,28)(H,29,30). The van der Waals surface area contributed by atoms with Gasteiger partial charge in [0.15, 0.2) is 0 Å². The van der Waals surface area contributed by atoms with Gasteiger partial charge >= 0.3 is 5.97 Å². The Bertz CT molecular complexity index is 1070. The summed E-state index contributed by atoms with van der Waals surface area (Å²) in [5, 5.41) is 11.6. The molecule has 1 amide bonds. The molecule has 2 heterocycles. The van der Waals surface area contributed by atoms with Gasteiger partial charge in [-0.3, -0.25) is 9.59 Å². The SMILES string of the molecule is Cc1ccc(-c2nc3c(C)cccn3c2CC(=O)NCCCCCC(=O)O)cc1C. The van der Waals surface area contributed by atoms with E-state index in [1.165, 1.54) is 11.1 Å². The van der Waals surface area contributed by atoms with Crippen LogP contribution < -0.4 is 5.32 Å². The highest BCUT2D eigenvalue weighted by Crippen LogP contribution is 2.28. The van der Waals surface area contributed by atoms with E-state index in [4.69, 9.17) is 10.1 Å². The number of hydrogen-bond donors (Lipinski definition) is 2. The smallest absolute Gasteiger partial charge is 0.303 e. The van der Waals surface area contributed by atoms with Gasteiger partial charge in [0.05, 0.1) is 17.8 Å². The van der Waals surface area contributed by atoms with Crippen LogP contribution in [0, 0.1) is 20.8 Å². The number of unbranched alkanes of at least 4 members (excludes halogenated alkanes) is 2. The van der Waals surface area contributed by atoms with Crippen LogP contribution in [0.1, 0.15) is 48.1 Å². The molecule has 0 radical (unpaired) electrons. The predicted molar refractivity (Wildman–Crippen MR) is 118 cm³/mol. The summed E-state index contributed by atoms with van der Waals surface area (Å²) < 4.78 is 2.01. The molecule has 1 aromatic carbocycles. The zero-order valence-electron chi connectivity index (χ0n) is 17.9. The molecule has 0 unspecified atom stereocenters. The van der Waals surface area contributed by atoms with Gasteiger partial charge in [-0.1, -0.05) is 24.6 Å². The molecule has 0 aliphatic rings. The summed E-state index contributed by atoms with van der Waals surface area (Å²) in [5.41, 5.74) is 7.07. The molecular weight excluding hydrogens is 378 g/mol. The van der Waals surface area contributed by atoms with Crippen molar-refractivity contribution >= 4 is 17.5 Å². The van der Waals surface area contributed by atoms with Gasteiger partial charge in [-0.05, 0) is 62.4 Å². The first kappa shape index (κ1) is 21.6. The number of pyridine rings is 1. The number of fused-ring (bicyclic) bond motifs is 1. The fourth-order valence-corrected chi connectivity index (χ4v) is 3.56. The number of carbonyl (C=O) groups excluding carboxylic acids is 1. The highest BCUT2D eigenvalue weighted by molar-refractivity contribution is 5.82. The number of carboxylic acids is 1. The van der Waals surface area contributed by atoms with Crippen molar-refractivity contribution in [3.05, 3.63) is 58.9 Å². The Morgan fingerprint density at radius 2 is 1.83 bits per heavy atom. The van der Waals surface area contributed by atoms with Crippen molar-refractivity contribution < 1.29 is 14.7 Å². The Morgan fingerprint density at radius 3 is 2.57 bits per heavy atom. The molecule has 0 bridgehead atoms. The van der Waals surface area contributed by atoms with Crippen LogP contribution in [0.3, 0.4) is 0 Å². The lowest BCUT2D eigenvalue weighted by molar-refractivity contribution is -0.137. The molecular formula is C24H29N3O3. The van der Waals surface area contributed by atoms with Crippen LogP contribution >= 0.6 is 0 Å². The lowest BCUT2D eigenvalue weighted by Gasteiger charge is -2.09. The summed E-state index contributed by atoms with van der Waals surface area (Å²) in [6.07, 6.45) is 4.56. The Kier molecular flexibility index (Phi) is 6.87. The fourth-order valence-electron chi connectivity index (χ4n) is 3.56. The minimum Gasteiger partial charge on any atom is -0.481 e. The number of imidazole rings is 1. The van der Waals surface area contributed by atoms with Crippen molar-refractivity contribution in [2.45, 2.75) is 52.9 Å². The Morgan fingerprint density at radius 1 is 1.03 bits per heavy atom. The highest BCUT2D eigenvalue weighted by atomic mass is 16.4. The molecule has 0 aliphatic heterocycles. The van der Waals surface area contributed by atoms with Gasteiger partial charge in [0, 0.05) is 24.7 Å². The van der Waals surface area contributed by atoms with Gasteiger partial charge in [0.1, 0.15) is 5.65 Å². The maximum absolute atomic E-state index is 12.6. The first-order valence-corrected chi connectivity index (χ1v) is 10.4. The number of aromatic nitrogens is 2. The first-order valence-electron chi connectivity index (χ1n) is 10.4. The molecule has 158 valence electrons. The van der Waals surface area contributed by atoms with Gasteiger partial charge in [0.25, 0.3) is 0 Å². The number of carbonyl (C=O) groups is 2. The number of rotatable bonds is 9. The number of hydrogen-bond acceptors (Lipinski definition) is 3. The summed E-state index contributed by atoms with van der Waals surface area (Å²) >= 11 is 0. The van der Waals surface area contributed by atoms with Crippen molar-refractivity contribution in [2.24, 2.45) is 0 Å². The topological polar surface area (TPSA) is 83.7 Å². The summed E-state index contributed by atoms with van der Waals surface area (Å²) in [5.74, 6) is -0.831. The minimum atomic E-state index is -0.777. The van der Waals surface area contributed by atoms with Crippen LogP contribution in [0.25, 0.3) is 16.9 Å². The van der Waals surface area contributed by atoms with E-state index in [0.29, 0.717) is 13.0 Å². The van der Waals surface area contributed by atoms with Gasteiger partial charge in [-0.15, -0.1) is 0 Å². The normalized spacial score (nSPS) is 11.0. The molecule has 0 aliphatic carbocycles. The monoisotopic (exact) mass is 407 g/mol. The van der Waals surface area contributed by atoms with Crippen molar-refractivity contribution in [3.8, 4) is 11.3 Å². The number of benzene rings is 1. The molecule has 0 saturated carbocycles. The third-order valence-electron chi connectivity index (χ3n) is 5.44. The number of nitrogens with one attached hydrogen (secondary N) is 1. The Balaban J connectivity index is 1.78. The lowest BCUT2D eigenvalue weighted by atomic mass is 10.0. The predicted octanol–water partition coefficient (Wildman–Crippen LogP) is 4.23. The summed E-state index contributed by atoms with van der Waals surface area (Å²) in [6.45, 7) is 6.73. The van der Waals surface area contributed by atoms with Crippen molar-refractivity contribution in [3.63, 3.8) is 0 Å². The van der Waals surface area contributed by atoms with Crippen LogP contribution in [0.2, 0.25) is 0 Å². The van der Waals surface area contributed by atoms with Crippen molar-refractivity contribution in [1.82, 2.24) is 14.7 Å². The van der Waals surface area contributed by atoms with Crippen molar-refractivity contribution in [1.29, 1.82) is 0 Å². The zero-order valence-corrected chi connectivity index (χ0v) is 17.9. The van der Waals surface area contributed by atoms with Crippen LogP contribution in [0.5, 0.6) is 0 Å². The van der Waals surface area contributed by atoms with E-state index in [1.54, 1.807) is 0 Å². The van der Waals surface area contributed by atoms with Gasteiger partial charge < -0.3 is 14.8 Å². The molecule has 0 fully saturated rings. The molecule has 0 spiro atoms. The van der Waals surface area contributed by atoms with Gasteiger partial charge in [-0.25, -0.2) is 4.98 Å². The van der Waals surface area contributed by atoms with Crippen LogP contribution in [0.4, 0.5) is 0 Å². The molecule has 0 atom stereocenters. The second kappa shape index (κ2) is 9.57. The summed E-state index contributed by atoms with van der Waals surface area (Å²) in [6, 6.07) is 10.3. The van der Waals surface area contributed by atoms with E-state index >= 15 is 0 Å². The second-order valence-electron chi connectivity index (χ2n) is 7.82. The lowest BCUT2D eigenvalue weighted by Crippen LogP contribution is -2.26. The van der Waals surface area contributed by atoms with E-state index in [1.807, 2.05) is 29.7 Å². The zero-order chi connectivity index (χ0) is 21.7. The molecule has 30 heavy (non-hydrogen) atoms. The largest absolute Gasteiger partial charge is 0.481 e. The van der Waals surface area contributed by atoms with E-state index in [-0.39, 0.29) is 18.7 Å². The van der Waals surface area contributed by atoms with Crippen LogP contribution in [-0.2, 0) is 16.0 Å². The Hall–Kier alpha value is -3.15. The average molecular weight is 408 g/mol. The van der Waals surface area contributed by atoms with Crippen molar-refractivity contribution in [2.75, 3.05) is 6.54 Å². The third kappa shape index (κ3) is 5.06. The van der Waals surface area contributed by atoms with E-state index in [0.717, 1.165) is 41.0 Å². The van der Waals surface area contributed by atoms with Gasteiger partial charge in [-0.2, -0.15) is 0 Å². The number of amides is 1. The Labute approximate surface area is 177 Å². The van der Waals surface area contributed by atoms with Crippen LogP contribution in [0.15, 0.2) is 36.5 Å². The quantitative estimate of drug-likeness (QED) is 0.520. The fraction of sp³-hybridized carbons (Fsp3) is 0.375. The second-order valence-corrected chi connectivity index (χ2v) is 7.82. The number of aliphatic carboxylic acids is 1. The van der Waals surface area contributed by atoms with Gasteiger partial charge in [0.2, 0.25) is 5.91 Å². The maximum atomic E-state index is 12.6. The molecule has 3 aromatic rings. The van der Waals surface area contributed by atoms with E-state index < -0.39 is 5.97 Å². The van der Waals surface area contributed by atoms with Crippen LogP contribution in [-0.4, -0.2) is 32.9 Å². The highest BCUT2D eigenvalue weighted by Gasteiger charge is 2.18. The average Bonchev–Trinajstić information content (AvgIpc) is 3.06. The first-order chi connectivity index (χ1) is 14.4. The van der Waals surface area contributed by atoms with E-state index in [2.05, 4.69) is 37.4 Å². The number of nitrogens with zero attached hydrogens (tertiary/aromatic N) is 2. The molecule has 2 N–H and O–H groups in total. The molecule has 3 rings (SSSR count). The number of aryl methyl sites for hydroxylation is 3. The molecule has 6 heteroatoms. The molecule has 0 saturated heterocycles. The maximum Gasteiger partial charge on any atom is 0.303 e. The third-order valence-corrected chi connectivity index (χ3v) is 5.44. The minimum absolute atomic E-state index is 0.0541. The molecule has 2 aromatic heterocycles. The molecule has 6 nitrogen and oxygen atoms in total. The number of carboxylic acid groups (broad SMARTS) is 1. The van der Waals surface area contributed by atoms with E-state index in [9.17, 15) is 9.59 Å².